The van der Waals surface area contributed by atoms with E-state index >= 15 is 0 Å². The lowest BCUT2D eigenvalue weighted by molar-refractivity contribution is -0.116. The Labute approximate surface area is 120 Å². The third-order valence-electron chi connectivity index (χ3n) is 2.92. The monoisotopic (exact) mass is 322 g/mol. The number of nitrogens with one attached hydrogen (secondary N) is 2. The van der Waals surface area contributed by atoms with Crippen LogP contribution in [0.1, 0.15) is 5.56 Å². The normalized spacial score (nSPS) is 10.4. The van der Waals surface area contributed by atoms with E-state index in [1.165, 1.54) is 6.08 Å². The van der Waals surface area contributed by atoms with Gasteiger partial charge in [0, 0.05) is 17.4 Å². The Morgan fingerprint density at radius 2 is 2.37 bits per heavy atom. The number of fused-ring (bicyclic) bond motifs is 1. The maximum atomic E-state index is 11.1. The van der Waals surface area contributed by atoms with Gasteiger partial charge < -0.3 is 15.0 Å². The first-order chi connectivity index (χ1) is 9.15. The second-order valence-corrected chi connectivity index (χ2v) is 4.87. The van der Waals surface area contributed by atoms with Gasteiger partial charge in [0.1, 0.15) is 5.75 Å². The largest absolute Gasteiger partial charge is 0.497 e. The maximum absolute atomic E-state index is 11.1. The van der Waals surface area contributed by atoms with Crippen molar-refractivity contribution < 1.29 is 9.53 Å². The summed E-state index contributed by atoms with van der Waals surface area (Å²) in [5.41, 5.74) is 2.16. The zero-order chi connectivity index (χ0) is 13.8. The second-order valence-electron chi connectivity index (χ2n) is 4.07. The van der Waals surface area contributed by atoms with Gasteiger partial charge in [0.05, 0.1) is 11.7 Å². The van der Waals surface area contributed by atoms with Crippen LogP contribution in [0.15, 0.2) is 35.5 Å². The number of carbonyl (C=O) groups excluding carboxylic acids is 1. The lowest BCUT2D eigenvalue weighted by atomic mass is 10.1. The minimum absolute atomic E-state index is 0.159. The van der Waals surface area contributed by atoms with Crippen LogP contribution in [0.3, 0.4) is 0 Å². The van der Waals surface area contributed by atoms with Crippen LogP contribution in [0, 0.1) is 0 Å². The zero-order valence-electron chi connectivity index (χ0n) is 10.6. The van der Waals surface area contributed by atoms with Crippen LogP contribution in [0.25, 0.3) is 10.9 Å². The number of methoxy groups -OCH3 is 1. The SMILES string of the molecule is C=CC(=O)NCCc1c(Br)[nH]c2ccc(OC)cc12. The summed E-state index contributed by atoms with van der Waals surface area (Å²) >= 11 is 3.51. The fourth-order valence-electron chi connectivity index (χ4n) is 1.95. The summed E-state index contributed by atoms with van der Waals surface area (Å²) in [6, 6.07) is 5.88. The lowest BCUT2D eigenvalue weighted by Gasteiger charge is -2.04. The van der Waals surface area contributed by atoms with Gasteiger partial charge in [-0.15, -0.1) is 0 Å². The van der Waals surface area contributed by atoms with Crippen molar-refractivity contribution in [3.8, 4) is 5.75 Å². The molecule has 0 fully saturated rings. The topological polar surface area (TPSA) is 54.1 Å². The molecule has 0 aliphatic rings. The molecule has 1 amide bonds. The van der Waals surface area contributed by atoms with Crippen LogP contribution in [0.4, 0.5) is 0 Å². The number of hydrogen-bond acceptors (Lipinski definition) is 2. The first-order valence-electron chi connectivity index (χ1n) is 5.90. The molecule has 0 unspecified atom stereocenters. The van der Waals surface area contributed by atoms with Gasteiger partial charge in [-0.05, 0) is 52.2 Å². The van der Waals surface area contributed by atoms with Gasteiger partial charge in [-0.3, -0.25) is 4.79 Å². The number of aromatic nitrogens is 1. The molecule has 0 bridgehead atoms. The number of aromatic amines is 1. The molecular formula is C14H15BrN2O2. The van der Waals surface area contributed by atoms with Crippen molar-refractivity contribution in [2.75, 3.05) is 13.7 Å². The van der Waals surface area contributed by atoms with E-state index in [1.807, 2.05) is 18.2 Å². The summed E-state index contributed by atoms with van der Waals surface area (Å²) in [6.07, 6.45) is 2.00. The Balaban J connectivity index is 2.23. The molecule has 0 atom stereocenters. The van der Waals surface area contributed by atoms with Crippen LogP contribution in [-0.2, 0) is 11.2 Å². The molecule has 2 N–H and O–H groups in total. The number of ether oxygens (including phenoxy) is 1. The number of rotatable bonds is 5. The summed E-state index contributed by atoms with van der Waals surface area (Å²) in [4.78, 5) is 14.4. The van der Waals surface area contributed by atoms with Gasteiger partial charge in [0.15, 0.2) is 0 Å². The van der Waals surface area contributed by atoms with E-state index in [0.29, 0.717) is 6.54 Å². The smallest absolute Gasteiger partial charge is 0.243 e. The Hall–Kier alpha value is -1.75. The minimum atomic E-state index is -0.159. The Morgan fingerprint density at radius 3 is 3.05 bits per heavy atom. The highest BCUT2D eigenvalue weighted by Crippen LogP contribution is 2.29. The van der Waals surface area contributed by atoms with Crippen molar-refractivity contribution in [3.05, 3.63) is 41.0 Å². The molecule has 5 heteroatoms. The van der Waals surface area contributed by atoms with Crippen molar-refractivity contribution in [2.24, 2.45) is 0 Å². The van der Waals surface area contributed by atoms with Gasteiger partial charge in [-0.25, -0.2) is 0 Å². The quantitative estimate of drug-likeness (QED) is 0.832. The van der Waals surface area contributed by atoms with Gasteiger partial charge in [-0.1, -0.05) is 6.58 Å². The highest BCUT2D eigenvalue weighted by atomic mass is 79.9. The fourth-order valence-corrected chi connectivity index (χ4v) is 2.57. The zero-order valence-corrected chi connectivity index (χ0v) is 12.2. The van der Waals surface area contributed by atoms with E-state index < -0.39 is 0 Å². The van der Waals surface area contributed by atoms with Crippen molar-refractivity contribution in [2.45, 2.75) is 6.42 Å². The Morgan fingerprint density at radius 1 is 1.58 bits per heavy atom. The highest BCUT2D eigenvalue weighted by molar-refractivity contribution is 9.10. The van der Waals surface area contributed by atoms with Gasteiger partial charge in [0.25, 0.3) is 0 Å². The van der Waals surface area contributed by atoms with Crippen molar-refractivity contribution in [3.63, 3.8) is 0 Å². The fraction of sp³-hybridized carbons (Fsp3) is 0.214. The molecule has 0 aliphatic carbocycles. The summed E-state index contributed by atoms with van der Waals surface area (Å²) < 4.78 is 6.17. The standard InChI is InChI=1S/C14H15BrN2O2/c1-3-13(18)16-7-6-10-11-8-9(19-2)4-5-12(11)17-14(10)15/h3-5,8,17H,1,6-7H2,2H3,(H,16,18). The molecule has 1 heterocycles. The van der Waals surface area contributed by atoms with E-state index in [0.717, 1.165) is 33.2 Å². The highest BCUT2D eigenvalue weighted by Gasteiger charge is 2.10. The maximum Gasteiger partial charge on any atom is 0.243 e. The van der Waals surface area contributed by atoms with Crippen molar-refractivity contribution >= 4 is 32.7 Å². The second kappa shape index (κ2) is 5.93. The van der Waals surface area contributed by atoms with Crippen molar-refractivity contribution in [1.29, 1.82) is 0 Å². The predicted molar refractivity (Wildman–Crippen MR) is 79.5 cm³/mol. The predicted octanol–water partition coefficient (Wildman–Crippen LogP) is 2.78. The van der Waals surface area contributed by atoms with Crippen LogP contribution in [-0.4, -0.2) is 24.5 Å². The molecule has 2 rings (SSSR count). The summed E-state index contributed by atoms with van der Waals surface area (Å²) in [5, 5.41) is 3.86. The average molecular weight is 323 g/mol. The number of amides is 1. The lowest BCUT2D eigenvalue weighted by Crippen LogP contribution is -2.23. The molecule has 19 heavy (non-hydrogen) atoms. The van der Waals surface area contributed by atoms with Gasteiger partial charge in [-0.2, -0.15) is 0 Å². The number of hydrogen-bond donors (Lipinski definition) is 2. The third kappa shape index (κ3) is 2.98. The van der Waals surface area contributed by atoms with E-state index in [4.69, 9.17) is 4.74 Å². The molecule has 0 spiro atoms. The molecule has 1 aromatic carbocycles. The van der Waals surface area contributed by atoms with E-state index in [2.05, 4.69) is 32.8 Å². The molecular weight excluding hydrogens is 308 g/mol. The van der Waals surface area contributed by atoms with E-state index in [9.17, 15) is 4.79 Å². The molecule has 0 radical (unpaired) electrons. The number of halogens is 1. The molecule has 2 aromatic rings. The van der Waals surface area contributed by atoms with E-state index in [1.54, 1.807) is 7.11 Å². The summed E-state index contributed by atoms with van der Waals surface area (Å²) in [5.74, 6) is 0.656. The molecule has 0 aliphatic heterocycles. The average Bonchev–Trinajstić information content (AvgIpc) is 2.74. The van der Waals surface area contributed by atoms with Crippen LogP contribution in [0.5, 0.6) is 5.75 Å². The molecule has 1 aromatic heterocycles. The first-order valence-corrected chi connectivity index (χ1v) is 6.69. The molecule has 0 saturated carbocycles. The van der Waals surface area contributed by atoms with Crippen molar-refractivity contribution in [1.82, 2.24) is 10.3 Å². The first kappa shape index (κ1) is 13.7. The molecule has 0 saturated heterocycles. The van der Waals surface area contributed by atoms with Gasteiger partial charge >= 0.3 is 0 Å². The van der Waals surface area contributed by atoms with Crippen LogP contribution >= 0.6 is 15.9 Å². The van der Waals surface area contributed by atoms with Gasteiger partial charge in [0.2, 0.25) is 5.91 Å². The Kier molecular flexibility index (Phi) is 4.27. The van der Waals surface area contributed by atoms with E-state index in [-0.39, 0.29) is 5.91 Å². The molecule has 4 nitrogen and oxygen atoms in total. The minimum Gasteiger partial charge on any atom is -0.497 e. The summed E-state index contributed by atoms with van der Waals surface area (Å²) in [6.45, 7) is 3.99. The Bertz CT molecular complexity index is 619. The summed E-state index contributed by atoms with van der Waals surface area (Å²) in [7, 11) is 1.65. The third-order valence-corrected chi connectivity index (χ3v) is 3.60. The number of benzene rings is 1. The number of carbonyl (C=O) groups is 1. The molecule has 100 valence electrons. The number of H-pyrrole nitrogens is 1. The van der Waals surface area contributed by atoms with Crippen LogP contribution in [0.2, 0.25) is 0 Å². The van der Waals surface area contributed by atoms with Crippen LogP contribution < -0.4 is 10.1 Å².